The smallest absolute Gasteiger partial charge is 0.264 e. The number of amides is 1. The van der Waals surface area contributed by atoms with Crippen molar-refractivity contribution in [1.82, 2.24) is 9.21 Å². The second-order valence-electron chi connectivity index (χ2n) is 7.30. The summed E-state index contributed by atoms with van der Waals surface area (Å²) in [6.45, 7) is 2.34. The van der Waals surface area contributed by atoms with Crippen LogP contribution in [0.15, 0.2) is 58.8 Å². The maximum atomic E-state index is 14.0. The molecule has 0 N–H and O–H groups in total. The average Bonchev–Trinajstić information content (AvgIpc) is 3.25. The van der Waals surface area contributed by atoms with Crippen LogP contribution in [0, 0.1) is 18.6 Å². The molecule has 0 saturated carbocycles. The molecule has 0 aliphatic carbocycles. The molecule has 5 nitrogen and oxygen atoms in total. The Morgan fingerprint density at radius 1 is 0.968 bits per heavy atom. The first kappa shape index (κ1) is 21.6. The Morgan fingerprint density at radius 2 is 1.65 bits per heavy atom. The van der Waals surface area contributed by atoms with Crippen LogP contribution in [-0.2, 0) is 10.0 Å². The molecule has 2 aromatic carbocycles. The normalized spacial score (nSPS) is 15.3. The van der Waals surface area contributed by atoms with Gasteiger partial charge >= 0.3 is 0 Å². The van der Waals surface area contributed by atoms with Crippen molar-refractivity contribution in [1.29, 1.82) is 0 Å². The van der Waals surface area contributed by atoms with E-state index in [2.05, 4.69) is 0 Å². The standard InChI is InChI=1S/C22H20F2N2O3S2/c1-15-2-4-16(5-3-15)18-8-13-30-21(18)22(27)25-9-11-26(12-10-25)31(28,29)20-14-17(23)6-7-19(20)24/h2-8,13-14H,9-12H2,1H3. The Morgan fingerprint density at radius 3 is 2.32 bits per heavy atom. The first-order chi connectivity index (χ1) is 14.8. The maximum Gasteiger partial charge on any atom is 0.264 e. The zero-order valence-electron chi connectivity index (χ0n) is 16.7. The monoisotopic (exact) mass is 462 g/mol. The lowest BCUT2D eigenvalue weighted by Crippen LogP contribution is -2.50. The second kappa shape index (κ2) is 8.49. The van der Waals surface area contributed by atoms with Crippen LogP contribution in [0.2, 0.25) is 0 Å². The summed E-state index contributed by atoms with van der Waals surface area (Å²) < 4.78 is 54.1. The van der Waals surface area contributed by atoms with E-state index in [-0.39, 0.29) is 32.1 Å². The molecule has 0 spiro atoms. The molecule has 162 valence electrons. The van der Waals surface area contributed by atoms with Crippen LogP contribution in [0.4, 0.5) is 8.78 Å². The van der Waals surface area contributed by atoms with Crippen LogP contribution >= 0.6 is 11.3 Å². The molecule has 0 unspecified atom stereocenters. The molecule has 1 amide bonds. The van der Waals surface area contributed by atoms with E-state index in [0.29, 0.717) is 10.9 Å². The summed E-state index contributed by atoms with van der Waals surface area (Å²) in [5.74, 6) is -1.99. The van der Waals surface area contributed by atoms with Crippen LogP contribution in [0.1, 0.15) is 15.2 Å². The summed E-state index contributed by atoms with van der Waals surface area (Å²) in [5, 5.41) is 1.86. The van der Waals surface area contributed by atoms with Crippen LogP contribution < -0.4 is 0 Å². The molecular weight excluding hydrogens is 442 g/mol. The zero-order chi connectivity index (χ0) is 22.2. The van der Waals surface area contributed by atoms with Crippen molar-refractivity contribution >= 4 is 27.3 Å². The summed E-state index contributed by atoms with van der Waals surface area (Å²) in [5.41, 5.74) is 2.91. The third-order valence-electron chi connectivity index (χ3n) is 5.26. The van der Waals surface area contributed by atoms with Crippen LogP contribution in [0.25, 0.3) is 11.1 Å². The van der Waals surface area contributed by atoms with E-state index in [1.807, 2.05) is 42.6 Å². The van der Waals surface area contributed by atoms with Crippen molar-refractivity contribution in [3.63, 3.8) is 0 Å². The Kier molecular flexibility index (Phi) is 5.92. The lowest BCUT2D eigenvalue weighted by atomic mass is 10.0. The van der Waals surface area contributed by atoms with Gasteiger partial charge in [0.05, 0.1) is 4.88 Å². The van der Waals surface area contributed by atoms with Crippen molar-refractivity contribution in [3.05, 3.63) is 76.0 Å². The largest absolute Gasteiger partial charge is 0.335 e. The third kappa shape index (κ3) is 4.26. The number of sulfonamides is 1. The number of aryl methyl sites for hydroxylation is 1. The number of carbonyl (C=O) groups is 1. The van der Waals surface area contributed by atoms with E-state index in [9.17, 15) is 22.0 Å². The molecule has 1 aromatic heterocycles. The Bertz CT molecular complexity index is 1220. The number of thiophene rings is 1. The van der Waals surface area contributed by atoms with Crippen molar-refractivity contribution in [2.45, 2.75) is 11.8 Å². The van der Waals surface area contributed by atoms with E-state index in [1.165, 1.54) is 11.3 Å². The lowest BCUT2D eigenvalue weighted by molar-refractivity contribution is 0.0703. The van der Waals surface area contributed by atoms with Crippen LogP contribution in [0.5, 0.6) is 0 Å². The number of rotatable bonds is 4. The molecule has 31 heavy (non-hydrogen) atoms. The fraction of sp³-hybridized carbons (Fsp3) is 0.227. The fourth-order valence-corrected chi connectivity index (χ4v) is 5.91. The number of piperazine rings is 1. The number of hydrogen-bond donors (Lipinski definition) is 0. The third-order valence-corrected chi connectivity index (χ3v) is 8.08. The number of nitrogens with zero attached hydrogens (tertiary/aromatic N) is 2. The van der Waals surface area contributed by atoms with Gasteiger partial charge in [0.2, 0.25) is 10.0 Å². The summed E-state index contributed by atoms with van der Waals surface area (Å²) in [6.07, 6.45) is 0. The van der Waals surface area contributed by atoms with Gasteiger partial charge in [-0.25, -0.2) is 17.2 Å². The van der Waals surface area contributed by atoms with Crippen molar-refractivity contribution in [2.75, 3.05) is 26.2 Å². The van der Waals surface area contributed by atoms with E-state index in [4.69, 9.17) is 0 Å². The number of hydrogen-bond acceptors (Lipinski definition) is 4. The molecule has 2 heterocycles. The molecule has 3 aromatic rings. The topological polar surface area (TPSA) is 57.7 Å². The van der Waals surface area contributed by atoms with Crippen LogP contribution in [0.3, 0.4) is 0 Å². The predicted octanol–water partition coefficient (Wildman–Crippen LogP) is 4.15. The number of benzene rings is 2. The molecule has 1 aliphatic rings. The second-order valence-corrected chi connectivity index (χ2v) is 10.1. The highest BCUT2D eigenvalue weighted by Crippen LogP contribution is 2.30. The molecule has 1 fully saturated rings. The molecule has 0 radical (unpaired) electrons. The zero-order valence-corrected chi connectivity index (χ0v) is 18.3. The van der Waals surface area contributed by atoms with Gasteiger partial charge in [-0.05, 0) is 42.1 Å². The highest BCUT2D eigenvalue weighted by atomic mass is 32.2. The van der Waals surface area contributed by atoms with Gasteiger partial charge in [-0.15, -0.1) is 11.3 Å². The molecule has 4 rings (SSSR count). The first-order valence-corrected chi connectivity index (χ1v) is 12.0. The van der Waals surface area contributed by atoms with Gasteiger partial charge in [0.1, 0.15) is 16.5 Å². The van der Waals surface area contributed by atoms with E-state index in [0.717, 1.165) is 33.1 Å². The number of halogens is 2. The van der Waals surface area contributed by atoms with Gasteiger partial charge in [-0.1, -0.05) is 29.8 Å². The molecule has 9 heteroatoms. The minimum Gasteiger partial charge on any atom is -0.335 e. The Balaban J connectivity index is 1.50. The molecule has 0 bridgehead atoms. The SMILES string of the molecule is Cc1ccc(-c2ccsc2C(=O)N2CCN(S(=O)(=O)c3cc(F)ccc3F)CC2)cc1. The maximum absolute atomic E-state index is 14.0. The Hall–Kier alpha value is -2.62. The van der Waals surface area contributed by atoms with E-state index in [1.54, 1.807) is 4.90 Å². The Labute approximate surface area is 183 Å². The van der Waals surface area contributed by atoms with Crippen molar-refractivity contribution < 1.29 is 22.0 Å². The highest BCUT2D eigenvalue weighted by molar-refractivity contribution is 7.89. The predicted molar refractivity (Wildman–Crippen MR) is 116 cm³/mol. The lowest BCUT2D eigenvalue weighted by Gasteiger charge is -2.34. The summed E-state index contributed by atoms with van der Waals surface area (Å²) in [6, 6.07) is 12.1. The number of carbonyl (C=O) groups excluding carboxylic acids is 1. The van der Waals surface area contributed by atoms with Crippen molar-refractivity contribution in [3.8, 4) is 11.1 Å². The van der Waals surface area contributed by atoms with Gasteiger partial charge in [0.25, 0.3) is 5.91 Å². The van der Waals surface area contributed by atoms with Crippen LogP contribution in [-0.4, -0.2) is 49.7 Å². The molecule has 1 saturated heterocycles. The van der Waals surface area contributed by atoms with Gasteiger partial charge < -0.3 is 4.90 Å². The van der Waals surface area contributed by atoms with Gasteiger partial charge in [-0.3, -0.25) is 4.79 Å². The minimum atomic E-state index is -4.19. The van der Waals surface area contributed by atoms with Gasteiger partial charge in [-0.2, -0.15) is 4.31 Å². The van der Waals surface area contributed by atoms with E-state index < -0.39 is 26.6 Å². The average molecular weight is 463 g/mol. The van der Waals surface area contributed by atoms with E-state index >= 15 is 0 Å². The van der Waals surface area contributed by atoms with Gasteiger partial charge in [0, 0.05) is 31.7 Å². The molecule has 0 atom stereocenters. The quantitative estimate of drug-likeness (QED) is 0.585. The molecular formula is C22H20F2N2O3S2. The van der Waals surface area contributed by atoms with Crippen molar-refractivity contribution in [2.24, 2.45) is 0 Å². The fourth-order valence-electron chi connectivity index (χ4n) is 3.52. The first-order valence-electron chi connectivity index (χ1n) is 9.66. The molecule has 1 aliphatic heterocycles. The summed E-state index contributed by atoms with van der Waals surface area (Å²) in [7, 11) is -4.19. The minimum absolute atomic E-state index is 0.00919. The summed E-state index contributed by atoms with van der Waals surface area (Å²) >= 11 is 1.34. The highest BCUT2D eigenvalue weighted by Gasteiger charge is 2.33. The van der Waals surface area contributed by atoms with Gasteiger partial charge in [0.15, 0.2) is 0 Å². The summed E-state index contributed by atoms with van der Waals surface area (Å²) in [4.78, 5) is 14.6.